The number of amides is 1. The third-order valence-corrected chi connectivity index (χ3v) is 3.73. The van der Waals surface area contributed by atoms with Crippen molar-refractivity contribution in [3.63, 3.8) is 0 Å². The predicted molar refractivity (Wildman–Crippen MR) is 76.9 cm³/mol. The van der Waals surface area contributed by atoms with Crippen LogP contribution in [0.25, 0.3) is 0 Å². The van der Waals surface area contributed by atoms with Crippen LogP contribution in [0.5, 0.6) is 0 Å². The second kappa shape index (κ2) is 5.94. The molecule has 0 aromatic carbocycles. The molecule has 1 aromatic rings. The summed E-state index contributed by atoms with van der Waals surface area (Å²) in [5.41, 5.74) is -0.559. The van der Waals surface area contributed by atoms with Crippen molar-refractivity contribution in [3.05, 3.63) is 17.0 Å². The average Bonchev–Trinajstić information content (AvgIpc) is 2.42. The number of carbonyl (C=O) groups is 1. The van der Waals surface area contributed by atoms with Gasteiger partial charge in [0.15, 0.2) is 5.82 Å². The SMILES string of the molecule is CC(C)(C(=O)Nc1cnc(Br)cn1)N1CCNCC1. The third-order valence-electron chi connectivity index (χ3n) is 3.33. The van der Waals surface area contributed by atoms with Gasteiger partial charge in [-0.25, -0.2) is 9.97 Å². The van der Waals surface area contributed by atoms with Gasteiger partial charge < -0.3 is 10.6 Å². The standard InChI is InChI=1S/C12H18BrN5O/c1-12(2,18-5-3-14-4-6-18)11(19)17-10-8-15-9(13)7-16-10/h7-8,14H,3-6H2,1-2H3,(H,16,17,19). The van der Waals surface area contributed by atoms with Crippen molar-refractivity contribution in [2.45, 2.75) is 19.4 Å². The topological polar surface area (TPSA) is 70.2 Å². The molecule has 7 heteroatoms. The number of hydrogen-bond donors (Lipinski definition) is 2. The van der Waals surface area contributed by atoms with Gasteiger partial charge in [-0.2, -0.15) is 0 Å². The summed E-state index contributed by atoms with van der Waals surface area (Å²) in [5, 5.41) is 6.09. The molecule has 1 aliphatic heterocycles. The second-order valence-electron chi connectivity index (χ2n) is 4.97. The highest BCUT2D eigenvalue weighted by atomic mass is 79.9. The summed E-state index contributed by atoms with van der Waals surface area (Å²) in [4.78, 5) is 22.7. The largest absolute Gasteiger partial charge is 0.314 e. The number of halogens is 1. The molecule has 0 aliphatic carbocycles. The molecular weight excluding hydrogens is 310 g/mol. The lowest BCUT2D eigenvalue weighted by atomic mass is 10.0. The van der Waals surface area contributed by atoms with E-state index in [1.54, 1.807) is 6.20 Å². The second-order valence-corrected chi connectivity index (χ2v) is 5.79. The van der Waals surface area contributed by atoms with Crippen LogP contribution in [-0.2, 0) is 4.79 Å². The molecule has 2 N–H and O–H groups in total. The maximum absolute atomic E-state index is 12.4. The van der Waals surface area contributed by atoms with Gasteiger partial charge in [0, 0.05) is 26.2 Å². The molecule has 0 atom stereocenters. The molecule has 1 aliphatic rings. The van der Waals surface area contributed by atoms with Crippen LogP contribution in [-0.4, -0.2) is 52.5 Å². The van der Waals surface area contributed by atoms with E-state index in [-0.39, 0.29) is 5.91 Å². The molecule has 0 spiro atoms. The molecule has 1 fully saturated rings. The molecule has 1 amide bonds. The molecule has 0 bridgehead atoms. The first-order chi connectivity index (χ1) is 9.00. The summed E-state index contributed by atoms with van der Waals surface area (Å²) in [6, 6.07) is 0. The maximum Gasteiger partial charge on any atom is 0.245 e. The van der Waals surface area contributed by atoms with Crippen molar-refractivity contribution in [1.29, 1.82) is 0 Å². The molecule has 104 valence electrons. The summed E-state index contributed by atoms with van der Waals surface area (Å²) >= 11 is 3.21. The van der Waals surface area contributed by atoms with Gasteiger partial charge in [-0.05, 0) is 29.8 Å². The Morgan fingerprint density at radius 2 is 2.05 bits per heavy atom. The first-order valence-corrected chi connectivity index (χ1v) is 7.04. The van der Waals surface area contributed by atoms with Gasteiger partial charge in [-0.3, -0.25) is 9.69 Å². The van der Waals surface area contributed by atoms with Crippen LogP contribution in [0.3, 0.4) is 0 Å². The van der Waals surface area contributed by atoms with E-state index in [9.17, 15) is 4.79 Å². The predicted octanol–water partition coefficient (Wildman–Crippen LogP) is 0.861. The maximum atomic E-state index is 12.4. The quantitative estimate of drug-likeness (QED) is 0.861. The summed E-state index contributed by atoms with van der Waals surface area (Å²) in [6.45, 7) is 7.42. The lowest BCUT2D eigenvalue weighted by Gasteiger charge is -2.39. The number of aromatic nitrogens is 2. The number of anilines is 1. The first-order valence-electron chi connectivity index (χ1n) is 6.25. The van der Waals surface area contributed by atoms with Crippen molar-refractivity contribution >= 4 is 27.7 Å². The van der Waals surface area contributed by atoms with Crippen LogP contribution >= 0.6 is 15.9 Å². The Hall–Kier alpha value is -1.05. The highest BCUT2D eigenvalue weighted by Gasteiger charge is 2.35. The van der Waals surface area contributed by atoms with Crippen molar-refractivity contribution in [3.8, 4) is 0 Å². The zero-order valence-corrected chi connectivity index (χ0v) is 12.7. The average molecular weight is 328 g/mol. The molecule has 1 saturated heterocycles. The fraction of sp³-hybridized carbons (Fsp3) is 0.583. The van der Waals surface area contributed by atoms with Crippen LogP contribution in [0, 0.1) is 0 Å². The molecule has 2 heterocycles. The molecular formula is C12H18BrN5O. The van der Waals surface area contributed by atoms with E-state index in [0.717, 1.165) is 26.2 Å². The fourth-order valence-electron chi connectivity index (χ4n) is 2.01. The number of hydrogen-bond acceptors (Lipinski definition) is 5. The van der Waals surface area contributed by atoms with Gasteiger partial charge in [-0.15, -0.1) is 0 Å². The molecule has 2 rings (SSSR count). The molecule has 0 radical (unpaired) electrons. The Morgan fingerprint density at radius 1 is 1.37 bits per heavy atom. The van der Waals surface area contributed by atoms with E-state index in [0.29, 0.717) is 10.4 Å². The fourth-order valence-corrected chi connectivity index (χ4v) is 2.22. The van der Waals surface area contributed by atoms with E-state index in [4.69, 9.17) is 0 Å². The van der Waals surface area contributed by atoms with E-state index >= 15 is 0 Å². The van der Waals surface area contributed by atoms with Gasteiger partial charge >= 0.3 is 0 Å². The minimum absolute atomic E-state index is 0.0639. The van der Waals surface area contributed by atoms with Gasteiger partial charge in [0.05, 0.1) is 17.9 Å². The first kappa shape index (κ1) is 14.4. The van der Waals surface area contributed by atoms with Gasteiger partial charge in [-0.1, -0.05) is 0 Å². The highest BCUT2D eigenvalue weighted by molar-refractivity contribution is 9.10. The highest BCUT2D eigenvalue weighted by Crippen LogP contribution is 2.17. The minimum Gasteiger partial charge on any atom is -0.314 e. The van der Waals surface area contributed by atoms with Gasteiger partial charge in [0.1, 0.15) is 4.60 Å². The van der Waals surface area contributed by atoms with Crippen molar-refractivity contribution in [2.75, 3.05) is 31.5 Å². The van der Waals surface area contributed by atoms with E-state index in [1.165, 1.54) is 6.20 Å². The summed E-state index contributed by atoms with van der Waals surface area (Å²) < 4.78 is 0.645. The molecule has 6 nitrogen and oxygen atoms in total. The van der Waals surface area contributed by atoms with Crippen LogP contribution < -0.4 is 10.6 Å². The van der Waals surface area contributed by atoms with E-state index in [1.807, 2.05) is 13.8 Å². The van der Waals surface area contributed by atoms with Gasteiger partial charge in [0.2, 0.25) is 5.91 Å². The lowest BCUT2D eigenvalue weighted by molar-refractivity contribution is -0.126. The van der Waals surface area contributed by atoms with Crippen LogP contribution in [0.15, 0.2) is 17.0 Å². The molecule has 0 unspecified atom stereocenters. The van der Waals surface area contributed by atoms with Crippen molar-refractivity contribution in [2.24, 2.45) is 0 Å². The van der Waals surface area contributed by atoms with Crippen molar-refractivity contribution < 1.29 is 4.79 Å². The van der Waals surface area contributed by atoms with Crippen LogP contribution in [0.1, 0.15) is 13.8 Å². The molecule has 0 saturated carbocycles. The van der Waals surface area contributed by atoms with Gasteiger partial charge in [0.25, 0.3) is 0 Å². The van der Waals surface area contributed by atoms with Crippen molar-refractivity contribution in [1.82, 2.24) is 20.2 Å². The van der Waals surface area contributed by atoms with Crippen LogP contribution in [0.2, 0.25) is 0 Å². The van der Waals surface area contributed by atoms with Crippen LogP contribution in [0.4, 0.5) is 5.82 Å². The lowest BCUT2D eigenvalue weighted by Crippen LogP contribution is -2.58. The number of rotatable bonds is 3. The number of nitrogens with zero attached hydrogens (tertiary/aromatic N) is 3. The third kappa shape index (κ3) is 3.49. The normalized spacial score (nSPS) is 17.2. The Bertz CT molecular complexity index is 442. The van der Waals surface area contributed by atoms with E-state index in [2.05, 4.69) is 41.4 Å². The zero-order valence-electron chi connectivity index (χ0n) is 11.1. The summed E-state index contributed by atoms with van der Waals surface area (Å²) in [6.07, 6.45) is 3.10. The summed E-state index contributed by atoms with van der Waals surface area (Å²) in [5.74, 6) is 0.405. The number of carbonyl (C=O) groups excluding carboxylic acids is 1. The Balaban J connectivity index is 2.03. The minimum atomic E-state index is -0.559. The smallest absolute Gasteiger partial charge is 0.245 e. The van der Waals surface area contributed by atoms with E-state index < -0.39 is 5.54 Å². The summed E-state index contributed by atoms with van der Waals surface area (Å²) in [7, 11) is 0. The molecule has 19 heavy (non-hydrogen) atoms. The Labute approximate surface area is 121 Å². The molecule has 1 aromatic heterocycles. The monoisotopic (exact) mass is 327 g/mol. The Morgan fingerprint density at radius 3 is 2.63 bits per heavy atom. The number of piperazine rings is 1. The Kier molecular flexibility index (Phi) is 4.49. The number of nitrogens with one attached hydrogen (secondary N) is 2. The zero-order chi connectivity index (χ0) is 13.9.